The topological polar surface area (TPSA) is 101 Å². The first-order valence-corrected chi connectivity index (χ1v) is 13.3. The number of nitro benzene ring substituents is 1. The van der Waals surface area contributed by atoms with Gasteiger partial charge in [-0.2, -0.15) is 5.01 Å². The van der Waals surface area contributed by atoms with Crippen molar-refractivity contribution in [3.8, 4) is 0 Å². The number of hydrazine groups is 1. The molecule has 11 heteroatoms. The minimum absolute atomic E-state index is 0.0171. The highest BCUT2D eigenvalue weighted by molar-refractivity contribution is 9.12. The van der Waals surface area contributed by atoms with Gasteiger partial charge in [0.15, 0.2) is 0 Å². The van der Waals surface area contributed by atoms with E-state index in [0.717, 1.165) is 20.9 Å². The standard InChI is InChI=1S/C23H18Br3N3O5/c24-12-7-5-11(6-8-12)10-27(21(30)13-3-1-2-4-16(13)29(33)34)28-22(31)17-14-9-15(18(17)23(28)32)20(26)19(14)25/h1-8,14-15,17-20H,9-10H2/t14-,15-,17-,18-,19+,20+/m1/s1. The van der Waals surface area contributed by atoms with Gasteiger partial charge < -0.3 is 0 Å². The molecule has 5 rings (SSSR count). The van der Waals surface area contributed by atoms with Crippen molar-refractivity contribution in [3.63, 3.8) is 0 Å². The van der Waals surface area contributed by atoms with Crippen LogP contribution in [-0.4, -0.2) is 42.3 Å². The highest BCUT2D eigenvalue weighted by Gasteiger charge is 2.67. The Kier molecular flexibility index (Phi) is 6.14. The molecule has 1 aliphatic heterocycles. The zero-order valence-corrected chi connectivity index (χ0v) is 22.3. The number of rotatable bonds is 5. The molecular formula is C23H18Br3N3O5. The van der Waals surface area contributed by atoms with E-state index in [0.29, 0.717) is 5.56 Å². The van der Waals surface area contributed by atoms with Crippen molar-refractivity contribution in [1.82, 2.24) is 10.0 Å². The summed E-state index contributed by atoms with van der Waals surface area (Å²) in [5.41, 5.74) is 0.114. The SMILES string of the molecule is O=C(c1ccccc1[N+](=O)[O-])N(Cc1ccc(Br)cc1)N1C(=O)[C@@H]2[C@H]3C[C@@H]([C@H](Br)[C@H]3Br)[C@H]2C1=O. The maximum absolute atomic E-state index is 13.7. The number of benzene rings is 2. The molecule has 3 amide bonds. The minimum atomic E-state index is -0.768. The lowest BCUT2D eigenvalue weighted by molar-refractivity contribution is -0.385. The number of hydrogen-bond acceptors (Lipinski definition) is 5. The summed E-state index contributed by atoms with van der Waals surface area (Å²) in [6, 6.07) is 12.7. The molecule has 1 saturated heterocycles. The van der Waals surface area contributed by atoms with Gasteiger partial charge in [-0.05, 0) is 42.0 Å². The molecule has 176 valence electrons. The van der Waals surface area contributed by atoms with Crippen LogP contribution in [0.5, 0.6) is 0 Å². The number of hydrogen-bond donors (Lipinski definition) is 0. The first-order chi connectivity index (χ1) is 16.2. The number of alkyl halides is 2. The van der Waals surface area contributed by atoms with Crippen molar-refractivity contribution in [1.29, 1.82) is 0 Å². The van der Waals surface area contributed by atoms with Gasteiger partial charge >= 0.3 is 0 Å². The van der Waals surface area contributed by atoms with E-state index in [9.17, 15) is 24.5 Å². The van der Waals surface area contributed by atoms with E-state index in [1.165, 1.54) is 24.3 Å². The summed E-state index contributed by atoms with van der Waals surface area (Å²) in [6.45, 7) is -0.0834. The highest BCUT2D eigenvalue weighted by Crippen LogP contribution is 2.60. The van der Waals surface area contributed by atoms with Gasteiger partial charge in [-0.15, -0.1) is 0 Å². The number of amides is 3. The quantitative estimate of drug-likeness (QED) is 0.201. The number of para-hydroxylation sites is 1. The largest absolute Gasteiger partial charge is 0.282 e. The third kappa shape index (κ3) is 3.63. The zero-order valence-electron chi connectivity index (χ0n) is 17.5. The van der Waals surface area contributed by atoms with Crippen LogP contribution in [0, 0.1) is 33.8 Å². The van der Waals surface area contributed by atoms with Gasteiger partial charge in [0, 0.05) is 20.2 Å². The molecule has 2 aromatic rings. The minimum Gasteiger partial charge on any atom is -0.272 e. The molecular weight excluding hydrogens is 638 g/mol. The van der Waals surface area contributed by atoms with E-state index >= 15 is 0 Å². The molecule has 0 N–H and O–H groups in total. The summed E-state index contributed by atoms with van der Waals surface area (Å²) in [7, 11) is 0. The second kappa shape index (κ2) is 8.83. The molecule has 2 bridgehead atoms. The van der Waals surface area contributed by atoms with Gasteiger partial charge in [-0.1, -0.05) is 72.1 Å². The summed E-state index contributed by atoms with van der Waals surface area (Å²) < 4.78 is 0.832. The van der Waals surface area contributed by atoms with Crippen molar-refractivity contribution in [3.05, 3.63) is 74.2 Å². The van der Waals surface area contributed by atoms with Crippen molar-refractivity contribution in [2.45, 2.75) is 22.6 Å². The Labute approximate surface area is 220 Å². The van der Waals surface area contributed by atoms with E-state index < -0.39 is 34.5 Å². The Bertz CT molecular complexity index is 1170. The van der Waals surface area contributed by atoms with Gasteiger partial charge in [0.1, 0.15) is 5.56 Å². The average Bonchev–Trinajstić information content (AvgIpc) is 3.43. The Hall–Kier alpha value is -2.11. The van der Waals surface area contributed by atoms with Crippen LogP contribution in [0.25, 0.3) is 0 Å². The van der Waals surface area contributed by atoms with E-state index in [2.05, 4.69) is 47.8 Å². The number of nitrogens with zero attached hydrogens (tertiary/aromatic N) is 3. The Morgan fingerprint density at radius 3 is 2.12 bits per heavy atom. The lowest BCUT2D eigenvalue weighted by Crippen LogP contribution is -2.50. The molecule has 0 spiro atoms. The van der Waals surface area contributed by atoms with Gasteiger partial charge in [0.05, 0.1) is 23.3 Å². The lowest BCUT2D eigenvalue weighted by Gasteiger charge is -2.31. The summed E-state index contributed by atoms with van der Waals surface area (Å²) in [6.07, 6.45) is 0.761. The third-order valence-corrected chi connectivity index (χ3v) is 10.8. The van der Waals surface area contributed by atoms with Crippen LogP contribution in [0.2, 0.25) is 0 Å². The third-order valence-electron chi connectivity index (χ3n) is 7.02. The molecule has 3 aliphatic rings. The predicted molar refractivity (Wildman–Crippen MR) is 133 cm³/mol. The van der Waals surface area contributed by atoms with Crippen molar-refractivity contribution < 1.29 is 19.3 Å². The maximum atomic E-state index is 13.7. The predicted octanol–water partition coefficient (Wildman–Crippen LogP) is 4.69. The van der Waals surface area contributed by atoms with Gasteiger partial charge in [0.2, 0.25) is 0 Å². The maximum Gasteiger partial charge on any atom is 0.282 e. The lowest BCUT2D eigenvalue weighted by atomic mass is 9.81. The molecule has 2 aromatic carbocycles. The second-order valence-electron chi connectivity index (χ2n) is 8.76. The van der Waals surface area contributed by atoms with Gasteiger partial charge in [-0.3, -0.25) is 24.5 Å². The van der Waals surface area contributed by atoms with E-state index in [1.54, 1.807) is 24.3 Å². The van der Waals surface area contributed by atoms with E-state index in [-0.39, 0.29) is 39.3 Å². The summed E-state index contributed by atoms with van der Waals surface area (Å²) >= 11 is 10.7. The second-order valence-corrected chi connectivity index (χ2v) is 11.8. The number of halogens is 3. The molecule has 0 aromatic heterocycles. The fraction of sp³-hybridized carbons (Fsp3) is 0.348. The fourth-order valence-corrected chi connectivity index (χ4v) is 7.66. The van der Waals surface area contributed by atoms with Crippen LogP contribution in [-0.2, 0) is 16.1 Å². The molecule has 2 saturated carbocycles. The van der Waals surface area contributed by atoms with Crippen LogP contribution < -0.4 is 0 Å². The van der Waals surface area contributed by atoms with E-state index in [4.69, 9.17) is 0 Å². The molecule has 2 aliphatic carbocycles. The summed E-state index contributed by atoms with van der Waals surface area (Å²) in [4.78, 5) is 52.0. The molecule has 3 fully saturated rings. The zero-order chi connectivity index (χ0) is 24.3. The molecule has 34 heavy (non-hydrogen) atoms. The normalized spacial score (nSPS) is 29.4. The first kappa shape index (κ1) is 23.6. The van der Waals surface area contributed by atoms with Gasteiger partial charge in [0.25, 0.3) is 23.4 Å². The number of nitro groups is 1. The van der Waals surface area contributed by atoms with Crippen LogP contribution in [0.1, 0.15) is 22.3 Å². The molecule has 8 nitrogen and oxygen atoms in total. The highest BCUT2D eigenvalue weighted by atomic mass is 79.9. The van der Waals surface area contributed by atoms with Crippen molar-refractivity contribution in [2.75, 3.05) is 0 Å². The number of carbonyl (C=O) groups excluding carboxylic acids is 3. The number of imide groups is 1. The van der Waals surface area contributed by atoms with Crippen LogP contribution in [0.15, 0.2) is 53.0 Å². The first-order valence-electron chi connectivity index (χ1n) is 10.7. The molecule has 0 unspecified atom stereocenters. The smallest absolute Gasteiger partial charge is 0.272 e. The Morgan fingerprint density at radius 2 is 1.56 bits per heavy atom. The van der Waals surface area contributed by atoms with Crippen molar-refractivity contribution in [2.24, 2.45) is 23.7 Å². The summed E-state index contributed by atoms with van der Waals surface area (Å²) in [5.74, 6) is -2.67. The summed E-state index contributed by atoms with van der Waals surface area (Å²) in [5, 5.41) is 13.6. The average molecular weight is 656 g/mol. The monoisotopic (exact) mass is 653 g/mol. The van der Waals surface area contributed by atoms with E-state index in [1.807, 2.05) is 0 Å². The van der Waals surface area contributed by atoms with Crippen molar-refractivity contribution >= 4 is 71.2 Å². The Balaban J connectivity index is 1.56. The Morgan fingerprint density at radius 1 is 1.00 bits per heavy atom. The molecule has 6 atom stereocenters. The molecule has 1 heterocycles. The number of carbonyl (C=O) groups is 3. The fourth-order valence-electron chi connectivity index (χ4n) is 5.52. The van der Waals surface area contributed by atoms with Gasteiger partial charge in [-0.25, -0.2) is 5.01 Å². The van der Waals surface area contributed by atoms with Crippen LogP contribution >= 0.6 is 47.8 Å². The van der Waals surface area contributed by atoms with Crippen LogP contribution in [0.4, 0.5) is 5.69 Å². The van der Waals surface area contributed by atoms with Crippen LogP contribution in [0.3, 0.4) is 0 Å². The number of fused-ring (bicyclic) bond motifs is 5. The molecule has 0 radical (unpaired) electrons.